The number of benzene rings is 3. The van der Waals surface area contributed by atoms with Gasteiger partial charge in [-0.1, -0.05) is 45.0 Å². The van der Waals surface area contributed by atoms with Crippen molar-refractivity contribution < 1.29 is 0 Å². The maximum Gasteiger partial charge on any atom is 0.161 e. The molecule has 0 saturated heterocycles. The molecule has 3 aromatic heterocycles. The zero-order chi connectivity index (χ0) is 27.1. The zero-order valence-corrected chi connectivity index (χ0v) is 21.7. The fourth-order valence-corrected chi connectivity index (χ4v) is 4.81. The van der Waals surface area contributed by atoms with Crippen molar-refractivity contribution in [3.05, 3.63) is 102 Å². The first-order chi connectivity index (χ1) is 18.9. The Kier molecular flexibility index (Phi) is 5.63. The van der Waals surface area contributed by atoms with Crippen molar-refractivity contribution in [2.75, 3.05) is 0 Å². The molecule has 0 unspecified atom stereocenters. The van der Waals surface area contributed by atoms with Gasteiger partial charge in [0.1, 0.15) is 12.1 Å². The van der Waals surface area contributed by atoms with E-state index in [1.807, 2.05) is 24.3 Å². The number of hydrogen-bond donors (Lipinski definition) is 0. The molecule has 0 radical (unpaired) electrons. The molecule has 0 aliphatic carbocycles. The maximum absolute atomic E-state index is 9.28. The lowest BCUT2D eigenvalue weighted by molar-refractivity contribution is 0.591. The van der Waals surface area contributed by atoms with E-state index in [-0.39, 0.29) is 5.41 Å². The largest absolute Gasteiger partial charge is 0.309 e. The van der Waals surface area contributed by atoms with Gasteiger partial charge in [-0.25, -0.2) is 19.9 Å². The number of nitriles is 2. The molecule has 0 fully saturated rings. The second-order valence-electron chi connectivity index (χ2n) is 10.4. The molecule has 186 valence electrons. The highest BCUT2D eigenvalue weighted by Crippen LogP contribution is 2.38. The van der Waals surface area contributed by atoms with Gasteiger partial charge in [0.25, 0.3) is 0 Å². The Morgan fingerprint density at radius 1 is 0.667 bits per heavy atom. The molecule has 0 amide bonds. The van der Waals surface area contributed by atoms with Crippen LogP contribution in [-0.2, 0) is 5.41 Å². The van der Waals surface area contributed by atoms with Crippen LogP contribution in [-0.4, -0.2) is 24.5 Å². The first kappa shape index (κ1) is 24.0. The molecule has 0 bridgehead atoms. The predicted octanol–water partition coefficient (Wildman–Crippen LogP) is 6.74. The third-order valence-corrected chi connectivity index (χ3v) is 6.84. The van der Waals surface area contributed by atoms with E-state index in [1.54, 1.807) is 0 Å². The van der Waals surface area contributed by atoms with E-state index in [0.29, 0.717) is 22.8 Å². The van der Waals surface area contributed by atoms with Gasteiger partial charge >= 0.3 is 0 Å². The summed E-state index contributed by atoms with van der Waals surface area (Å²) in [6.45, 7) is 6.66. The Bertz CT molecular complexity index is 1950. The molecule has 7 nitrogen and oxygen atoms in total. The quantitative estimate of drug-likeness (QED) is 0.264. The Morgan fingerprint density at radius 2 is 1.28 bits per heavy atom. The highest BCUT2D eigenvalue weighted by atomic mass is 15.0. The Hall–Kier alpha value is -5.40. The lowest BCUT2D eigenvalue weighted by atomic mass is 9.86. The molecule has 0 aliphatic rings. The van der Waals surface area contributed by atoms with Gasteiger partial charge in [0.15, 0.2) is 11.6 Å². The third-order valence-electron chi connectivity index (χ3n) is 6.84. The topological polar surface area (TPSA) is 104 Å². The van der Waals surface area contributed by atoms with Crippen LogP contribution in [0.1, 0.15) is 37.5 Å². The van der Waals surface area contributed by atoms with Crippen molar-refractivity contribution in [2.24, 2.45) is 0 Å². The minimum absolute atomic E-state index is 0.0155. The summed E-state index contributed by atoms with van der Waals surface area (Å²) in [7, 11) is 0. The molecule has 0 spiro atoms. The first-order valence-electron chi connectivity index (χ1n) is 12.5. The molecule has 7 heteroatoms. The van der Waals surface area contributed by atoms with Gasteiger partial charge in [-0.15, -0.1) is 0 Å². The van der Waals surface area contributed by atoms with Crippen molar-refractivity contribution in [2.45, 2.75) is 26.2 Å². The summed E-state index contributed by atoms with van der Waals surface area (Å²) in [5.74, 6) is 0.976. The molecule has 0 atom stereocenters. The Balaban J connectivity index is 1.64. The number of aromatic nitrogens is 5. The lowest BCUT2D eigenvalue weighted by Gasteiger charge is -2.19. The van der Waals surface area contributed by atoms with E-state index in [0.717, 1.165) is 33.2 Å². The smallest absolute Gasteiger partial charge is 0.161 e. The molecular weight excluding hydrogens is 482 g/mol. The fourth-order valence-electron chi connectivity index (χ4n) is 4.81. The van der Waals surface area contributed by atoms with Crippen molar-refractivity contribution in [3.8, 4) is 40.6 Å². The van der Waals surface area contributed by atoms with Crippen LogP contribution in [0, 0.1) is 22.7 Å². The standard InChI is InChI=1S/C32H23N7/c1-32(2,3)23-9-11-28-25(13-23)24-6-4-5-7-27(24)39(28)29-10-8-22(30-35-16-20(14-33)17-36-30)12-26(29)31-37-18-21(15-34)19-38-31/h4-13,16-19H,1-3H3. The molecule has 6 aromatic rings. The predicted molar refractivity (Wildman–Crippen MR) is 151 cm³/mol. The third kappa shape index (κ3) is 4.17. The molecule has 0 saturated carbocycles. The summed E-state index contributed by atoms with van der Waals surface area (Å²) < 4.78 is 2.23. The lowest BCUT2D eigenvalue weighted by Crippen LogP contribution is -2.10. The van der Waals surface area contributed by atoms with E-state index in [4.69, 9.17) is 5.26 Å². The molecule has 6 rings (SSSR count). The van der Waals surface area contributed by atoms with E-state index in [9.17, 15) is 5.26 Å². The Labute approximate surface area is 225 Å². The molecule has 0 N–H and O–H groups in total. The number of rotatable bonds is 3. The van der Waals surface area contributed by atoms with Crippen LogP contribution in [0.15, 0.2) is 85.5 Å². The minimum Gasteiger partial charge on any atom is -0.309 e. The molecule has 3 aromatic carbocycles. The van der Waals surface area contributed by atoms with Gasteiger partial charge < -0.3 is 4.57 Å². The van der Waals surface area contributed by atoms with Gasteiger partial charge in [-0.05, 0) is 47.4 Å². The minimum atomic E-state index is 0.0155. The normalized spacial score (nSPS) is 11.4. The monoisotopic (exact) mass is 505 g/mol. The SMILES string of the molecule is CC(C)(C)c1ccc2c(c1)c1ccccc1n2-c1ccc(-c2ncc(C#N)cn2)cc1-c1ncc(C#N)cn1. The van der Waals surface area contributed by atoms with Crippen molar-refractivity contribution in [1.82, 2.24) is 24.5 Å². The first-order valence-corrected chi connectivity index (χ1v) is 12.5. The highest BCUT2D eigenvalue weighted by Gasteiger charge is 2.20. The summed E-state index contributed by atoms with van der Waals surface area (Å²) in [6.07, 6.45) is 6.07. The highest BCUT2D eigenvalue weighted by molar-refractivity contribution is 6.10. The second-order valence-corrected chi connectivity index (χ2v) is 10.4. The molecule has 3 heterocycles. The molecule has 39 heavy (non-hydrogen) atoms. The second kappa shape index (κ2) is 9.16. The number of para-hydroxylation sites is 1. The van der Waals surface area contributed by atoms with Crippen molar-refractivity contribution in [3.63, 3.8) is 0 Å². The van der Waals surface area contributed by atoms with E-state index >= 15 is 0 Å². The van der Waals surface area contributed by atoms with Gasteiger partial charge in [-0.2, -0.15) is 10.5 Å². The average Bonchev–Trinajstić information content (AvgIpc) is 3.30. The summed E-state index contributed by atoms with van der Waals surface area (Å²) >= 11 is 0. The number of hydrogen-bond acceptors (Lipinski definition) is 6. The van der Waals surface area contributed by atoms with E-state index in [2.05, 4.69) is 93.8 Å². The van der Waals surface area contributed by atoms with Crippen LogP contribution in [0.5, 0.6) is 0 Å². The summed E-state index contributed by atoms with van der Waals surface area (Å²) in [5, 5.41) is 20.7. The van der Waals surface area contributed by atoms with Crippen LogP contribution >= 0.6 is 0 Å². The van der Waals surface area contributed by atoms with Crippen LogP contribution in [0.4, 0.5) is 0 Å². The fraction of sp³-hybridized carbons (Fsp3) is 0.125. The number of nitrogens with zero attached hydrogens (tertiary/aromatic N) is 7. The van der Waals surface area contributed by atoms with Crippen LogP contribution < -0.4 is 0 Å². The van der Waals surface area contributed by atoms with Crippen LogP contribution in [0.25, 0.3) is 50.3 Å². The van der Waals surface area contributed by atoms with Gasteiger partial charge in [-0.3, -0.25) is 0 Å². The molecule has 0 aliphatic heterocycles. The zero-order valence-electron chi connectivity index (χ0n) is 21.7. The number of fused-ring (bicyclic) bond motifs is 3. The van der Waals surface area contributed by atoms with Crippen LogP contribution in [0.2, 0.25) is 0 Å². The summed E-state index contributed by atoms with van der Waals surface area (Å²) in [5.41, 5.74) is 6.63. The van der Waals surface area contributed by atoms with Gasteiger partial charge in [0, 0.05) is 46.7 Å². The molecular formula is C32H23N7. The van der Waals surface area contributed by atoms with Crippen LogP contribution in [0.3, 0.4) is 0 Å². The van der Waals surface area contributed by atoms with Gasteiger partial charge in [0.2, 0.25) is 0 Å². The average molecular weight is 506 g/mol. The summed E-state index contributed by atoms with van der Waals surface area (Å²) in [4.78, 5) is 17.8. The van der Waals surface area contributed by atoms with E-state index < -0.39 is 0 Å². The van der Waals surface area contributed by atoms with Gasteiger partial charge in [0.05, 0.1) is 27.8 Å². The van der Waals surface area contributed by atoms with E-state index in [1.165, 1.54) is 35.7 Å². The van der Waals surface area contributed by atoms with Crippen molar-refractivity contribution >= 4 is 21.8 Å². The summed E-state index contributed by atoms with van der Waals surface area (Å²) in [6, 6.07) is 25.1. The Morgan fingerprint density at radius 3 is 1.92 bits per heavy atom. The maximum atomic E-state index is 9.28. The van der Waals surface area contributed by atoms with Crippen molar-refractivity contribution in [1.29, 1.82) is 10.5 Å².